The molecule has 0 aliphatic carbocycles. The summed E-state index contributed by atoms with van der Waals surface area (Å²) in [5.41, 5.74) is 5.34. The van der Waals surface area contributed by atoms with Gasteiger partial charge in [-0.2, -0.15) is 0 Å². The third-order valence-electron chi connectivity index (χ3n) is 0.795. The molecule has 0 unspecified atom stereocenters. The molecule has 2 nitrogen and oxygen atoms in total. The average molecular weight is 149 g/mol. The molecule has 1 aromatic rings. The second-order valence-electron chi connectivity index (χ2n) is 1.48. The molecular formula is C5H6N2NaS. The minimum absolute atomic E-state index is 0. The van der Waals surface area contributed by atoms with Crippen LogP contribution in [-0.2, 0) is 0 Å². The summed E-state index contributed by atoms with van der Waals surface area (Å²) in [6, 6.07) is 3.49. The number of rotatable bonds is 0. The van der Waals surface area contributed by atoms with E-state index in [4.69, 9.17) is 18.0 Å². The molecule has 3 N–H and O–H groups in total. The van der Waals surface area contributed by atoms with Gasteiger partial charge in [0.25, 0.3) is 0 Å². The van der Waals surface area contributed by atoms with Gasteiger partial charge >= 0.3 is 0 Å². The topological polar surface area (TPSA) is 41.8 Å². The SMILES string of the molecule is Nc1cc(=S)cc[nH]1.[Na]. The van der Waals surface area contributed by atoms with Crippen LogP contribution in [0.15, 0.2) is 18.3 Å². The molecule has 0 fully saturated rings. The number of nitrogens with one attached hydrogen (secondary N) is 1. The van der Waals surface area contributed by atoms with Crippen LogP contribution in [0.25, 0.3) is 0 Å². The molecule has 1 aromatic heterocycles. The maximum atomic E-state index is 5.34. The van der Waals surface area contributed by atoms with Crippen LogP contribution >= 0.6 is 12.2 Å². The van der Waals surface area contributed by atoms with Crippen molar-refractivity contribution in [3.63, 3.8) is 0 Å². The molecular weight excluding hydrogens is 143 g/mol. The van der Waals surface area contributed by atoms with Crippen LogP contribution in [0, 0.1) is 4.51 Å². The predicted octanol–water partition coefficient (Wildman–Crippen LogP) is 0.946. The van der Waals surface area contributed by atoms with E-state index in [0.717, 1.165) is 4.51 Å². The molecule has 43 valence electrons. The van der Waals surface area contributed by atoms with E-state index in [1.807, 2.05) is 0 Å². The van der Waals surface area contributed by atoms with E-state index in [-0.39, 0.29) is 29.6 Å². The molecule has 0 aromatic carbocycles. The molecule has 0 aliphatic heterocycles. The van der Waals surface area contributed by atoms with Gasteiger partial charge in [0.1, 0.15) is 5.82 Å². The first-order chi connectivity index (χ1) is 3.79. The Morgan fingerprint density at radius 1 is 1.56 bits per heavy atom. The summed E-state index contributed by atoms with van der Waals surface area (Å²) in [6.45, 7) is 0. The van der Waals surface area contributed by atoms with Gasteiger partial charge < -0.3 is 10.7 Å². The number of H-pyrrole nitrogens is 1. The quantitative estimate of drug-likeness (QED) is 0.426. The van der Waals surface area contributed by atoms with E-state index in [9.17, 15) is 0 Å². The number of nitrogens with two attached hydrogens (primary N) is 1. The second-order valence-corrected chi connectivity index (χ2v) is 1.95. The van der Waals surface area contributed by atoms with Crippen molar-refractivity contribution in [2.45, 2.75) is 0 Å². The Morgan fingerprint density at radius 2 is 2.22 bits per heavy atom. The molecule has 0 spiro atoms. The molecule has 0 aliphatic rings. The Kier molecular flexibility index (Phi) is 4.14. The van der Waals surface area contributed by atoms with E-state index >= 15 is 0 Å². The van der Waals surface area contributed by atoms with Gasteiger partial charge in [0, 0.05) is 40.3 Å². The molecule has 0 saturated heterocycles. The maximum absolute atomic E-state index is 5.34. The number of pyridine rings is 1. The molecule has 0 amide bonds. The molecule has 0 atom stereocenters. The smallest absolute Gasteiger partial charge is 0.101 e. The number of anilines is 1. The van der Waals surface area contributed by atoms with Crippen LogP contribution in [0.3, 0.4) is 0 Å². The van der Waals surface area contributed by atoms with Crippen molar-refractivity contribution < 1.29 is 0 Å². The second kappa shape index (κ2) is 4.06. The van der Waals surface area contributed by atoms with Crippen molar-refractivity contribution in [1.29, 1.82) is 0 Å². The van der Waals surface area contributed by atoms with Crippen LogP contribution in [0.4, 0.5) is 5.82 Å². The predicted molar refractivity (Wildman–Crippen MR) is 41.8 cm³/mol. The van der Waals surface area contributed by atoms with Crippen LogP contribution < -0.4 is 5.73 Å². The number of hydrogen-bond donors (Lipinski definition) is 2. The van der Waals surface area contributed by atoms with Crippen LogP contribution in [0.2, 0.25) is 0 Å². The van der Waals surface area contributed by atoms with Gasteiger partial charge in [-0.3, -0.25) is 0 Å². The van der Waals surface area contributed by atoms with Crippen molar-refractivity contribution in [3.05, 3.63) is 22.8 Å². The Labute approximate surface area is 80.8 Å². The van der Waals surface area contributed by atoms with E-state index in [0.29, 0.717) is 5.82 Å². The fourth-order valence-corrected chi connectivity index (χ4v) is 0.658. The van der Waals surface area contributed by atoms with E-state index < -0.39 is 0 Å². The molecule has 0 bridgehead atoms. The van der Waals surface area contributed by atoms with Gasteiger partial charge in [-0.05, 0) is 12.1 Å². The summed E-state index contributed by atoms with van der Waals surface area (Å²) < 4.78 is 0.765. The molecule has 1 heterocycles. The average Bonchev–Trinajstić information content (AvgIpc) is 1.64. The fraction of sp³-hybridized carbons (Fsp3) is 0. The Morgan fingerprint density at radius 3 is 2.56 bits per heavy atom. The monoisotopic (exact) mass is 149 g/mol. The molecule has 9 heavy (non-hydrogen) atoms. The zero-order chi connectivity index (χ0) is 5.98. The number of aromatic amines is 1. The molecule has 4 heteroatoms. The van der Waals surface area contributed by atoms with Gasteiger partial charge in [0.15, 0.2) is 0 Å². The standard InChI is InChI=1S/C5H6N2S.Na/c6-5-3-4(8)1-2-7-5;/h1-3H,(H3,6,7,8);. The first-order valence-corrected chi connectivity index (χ1v) is 2.64. The van der Waals surface area contributed by atoms with Crippen molar-refractivity contribution in [3.8, 4) is 0 Å². The van der Waals surface area contributed by atoms with Crippen LogP contribution in [0.5, 0.6) is 0 Å². The third kappa shape index (κ3) is 3.01. The van der Waals surface area contributed by atoms with Gasteiger partial charge in [-0.25, -0.2) is 0 Å². The van der Waals surface area contributed by atoms with Crippen LogP contribution in [0.1, 0.15) is 0 Å². The summed E-state index contributed by atoms with van der Waals surface area (Å²) in [7, 11) is 0. The minimum atomic E-state index is 0. The number of hydrogen-bond acceptors (Lipinski definition) is 2. The van der Waals surface area contributed by atoms with Gasteiger partial charge in [0.05, 0.1) is 0 Å². The van der Waals surface area contributed by atoms with E-state index in [1.54, 1.807) is 18.3 Å². The Bertz CT molecular complexity index is 232. The van der Waals surface area contributed by atoms with Crippen molar-refractivity contribution in [1.82, 2.24) is 4.98 Å². The molecule has 1 rings (SSSR count). The van der Waals surface area contributed by atoms with Crippen molar-refractivity contribution >= 4 is 47.6 Å². The summed E-state index contributed by atoms with van der Waals surface area (Å²) in [6.07, 6.45) is 1.72. The molecule has 1 radical (unpaired) electrons. The van der Waals surface area contributed by atoms with Gasteiger partial charge in [-0.15, -0.1) is 0 Å². The summed E-state index contributed by atoms with van der Waals surface area (Å²) in [5, 5.41) is 0. The van der Waals surface area contributed by atoms with E-state index in [2.05, 4.69) is 4.98 Å². The van der Waals surface area contributed by atoms with Gasteiger partial charge in [0.2, 0.25) is 0 Å². The summed E-state index contributed by atoms with van der Waals surface area (Å²) >= 11 is 4.80. The third-order valence-corrected chi connectivity index (χ3v) is 1.05. The Balaban J connectivity index is 0.000000640. The zero-order valence-electron chi connectivity index (χ0n) is 5.22. The summed E-state index contributed by atoms with van der Waals surface area (Å²) in [4.78, 5) is 2.78. The summed E-state index contributed by atoms with van der Waals surface area (Å²) in [5.74, 6) is 0.609. The van der Waals surface area contributed by atoms with Crippen molar-refractivity contribution in [2.75, 3.05) is 5.73 Å². The van der Waals surface area contributed by atoms with Crippen molar-refractivity contribution in [2.24, 2.45) is 0 Å². The normalized spacial score (nSPS) is 8.00. The van der Waals surface area contributed by atoms with E-state index in [1.165, 1.54) is 0 Å². The number of nitrogen functional groups attached to an aromatic ring is 1. The van der Waals surface area contributed by atoms with Gasteiger partial charge in [-0.1, -0.05) is 12.2 Å². The number of aromatic nitrogens is 1. The largest absolute Gasteiger partial charge is 0.385 e. The zero-order valence-corrected chi connectivity index (χ0v) is 8.03. The van der Waals surface area contributed by atoms with Crippen LogP contribution in [-0.4, -0.2) is 34.5 Å². The maximum Gasteiger partial charge on any atom is 0.101 e. The minimum Gasteiger partial charge on any atom is -0.385 e. The Hall–Kier alpha value is 0.170. The fourth-order valence-electron chi connectivity index (χ4n) is 0.463. The molecule has 0 saturated carbocycles. The first-order valence-electron chi connectivity index (χ1n) is 2.23. The first kappa shape index (κ1) is 9.17.